The van der Waals surface area contributed by atoms with Crippen molar-refractivity contribution in [2.45, 2.75) is 101 Å². The van der Waals surface area contributed by atoms with Crippen LogP contribution in [0, 0.1) is 17.8 Å². The summed E-state index contributed by atoms with van der Waals surface area (Å²) in [5.41, 5.74) is 1.71. The summed E-state index contributed by atoms with van der Waals surface area (Å²) in [4.78, 5) is 18.3. The molecule has 2 saturated heterocycles. The first-order valence-corrected chi connectivity index (χ1v) is 19.7. The van der Waals surface area contributed by atoms with Gasteiger partial charge < -0.3 is 24.6 Å². The van der Waals surface area contributed by atoms with Crippen LogP contribution in [0.15, 0.2) is 53.4 Å². The summed E-state index contributed by atoms with van der Waals surface area (Å²) in [5, 5.41) is 16.1. The molecule has 0 spiro atoms. The summed E-state index contributed by atoms with van der Waals surface area (Å²) in [6.07, 6.45) is 5.91. The number of benzene rings is 2. The normalized spacial score (nSPS) is 23.3. The van der Waals surface area contributed by atoms with Crippen LogP contribution in [0.5, 0.6) is 0 Å². The Labute approximate surface area is 288 Å². The zero-order chi connectivity index (χ0) is 33.7. The first-order chi connectivity index (χ1) is 23.2. The number of fused-ring (bicyclic) bond motifs is 2. The summed E-state index contributed by atoms with van der Waals surface area (Å²) < 4.78 is 47.9. The average molecular weight is 700 g/mol. The number of rotatable bonds is 14. The number of hydrogen-bond acceptors (Lipinski definition) is 10. The van der Waals surface area contributed by atoms with E-state index >= 15 is 0 Å². The van der Waals surface area contributed by atoms with Crippen LogP contribution in [-0.4, -0.2) is 79.6 Å². The molecular formula is C36H49N3O7S2. The first kappa shape index (κ1) is 35.2. The van der Waals surface area contributed by atoms with E-state index in [9.17, 15) is 18.3 Å². The van der Waals surface area contributed by atoms with E-state index in [4.69, 9.17) is 19.2 Å². The molecule has 2 aromatic carbocycles. The molecule has 1 aromatic heterocycles. The molecule has 0 bridgehead atoms. The van der Waals surface area contributed by atoms with Crippen molar-refractivity contribution in [2.75, 3.05) is 31.6 Å². The molecule has 10 nitrogen and oxygen atoms in total. The lowest BCUT2D eigenvalue weighted by atomic mass is 9.90. The standard InChI is InChI=1S/C36H49N3O7S2/c1-24(2)22-39(48(42,43)28-13-14-30-33(21-28)47-36(38-30)37-27-11-7-4-8-12-27)23-31(40)26(19-25-9-5-3-6-10-25)20-34(41)46-32-16-18-45-35-29(32)15-17-44-35/h3,5-6,9-10,13-14,21,24,26-27,29,31-32,35,40H,4,7-8,11-12,15-20,22-23H2,1-2H3,(H,37,38)/t26-,29+,31-,32+,35-/m1/s1. The highest BCUT2D eigenvalue weighted by molar-refractivity contribution is 7.89. The van der Waals surface area contributed by atoms with E-state index in [1.807, 2.05) is 44.2 Å². The number of sulfonamides is 1. The molecule has 2 N–H and O–H groups in total. The fourth-order valence-electron chi connectivity index (χ4n) is 7.20. The van der Waals surface area contributed by atoms with Gasteiger partial charge in [-0.2, -0.15) is 4.31 Å². The number of carbonyl (C=O) groups is 1. The first-order valence-electron chi connectivity index (χ1n) is 17.5. The van der Waals surface area contributed by atoms with Gasteiger partial charge in [-0.3, -0.25) is 4.79 Å². The second-order valence-electron chi connectivity index (χ2n) is 13.9. The molecule has 0 amide bonds. The van der Waals surface area contributed by atoms with Gasteiger partial charge in [0.25, 0.3) is 0 Å². The van der Waals surface area contributed by atoms with Gasteiger partial charge in [-0.1, -0.05) is 74.8 Å². The number of ether oxygens (including phenoxy) is 3. The third-order valence-corrected chi connectivity index (χ3v) is 12.5. The number of aliphatic hydroxyl groups excluding tert-OH is 1. The number of thiazole rings is 1. The quantitative estimate of drug-likeness (QED) is 0.195. The van der Waals surface area contributed by atoms with Gasteiger partial charge in [0.15, 0.2) is 11.4 Å². The summed E-state index contributed by atoms with van der Waals surface area (Å²) in [7, 11) is -3.98. The van der Waals surface area contributed by atoms with Crippen LogP contribution in [0.1, 0.15) is 70.8 Å². The highest BCUT2D eigenvalue weighted by atomic mass is 32.2. The molecule has 1 aliphatic carbocycles. The third-order valence-electron chi connectivity index (χ3n) is 9.73. The Morgan fingerprint density at radius 2 is 1.79 bits per heavy atom. The molecule has 3 fully saturated rings. The van der Waals surface area contributed by atoms with Crippen LogP contribution in [0.3, 0.4) is 0 Å². The van der Waals surface area contributed by atoms with Gasteiger partial charge in [0, 0.05) is 37.4 Å². The Morgan fingerprint density at radius 1 is 1.04 bits per heavy atom. The maximum absolute atomic E-state index is 14.2. The van der Waals surface area contributed by atoms with Crippen LogP contribution >= 0.6 is 11.3 Å². The minimum Gasteiger partial charge on any atom is -0.462 e. The zero-order valence-electron chi connectivity index (χ0n) is 28.0. The summed E-state index contributed by atoms with van der Waals surface area (Å²) in [6, 6.07) is 15.1. The molecule has 3 heterocycles. The minimum atomic E-state index is -3.98. The summed E-state index contributed by atoms with van der Waals surface area (Å²) in [5.74, 6) is -0.948. The molecule has 262 valence electrons. The number of nitrogens with one attached hydrogen (secondary N) is 1. The van der Waals surface area contributed by atoms with Crippen molar-refractivity contribution in [1.82, 2.24) is 9.29 Å². The lowest BCUT2D eigenvalue weighted by Gasteiger charge is -2.33. The predicted octanol–water partition coefficient (Wildman–Crippen LogP) is 5.99. The summed E-state index contributed by atoms with van der Waals surface area (Å²) in [6.45, 7) is 5.03. The van der Waals surface area contributed by atoms with Crippen molar-refractivity contribution in [3.8, 4) is 0 Å². The lowest BCUT2D eigenvalue weighted by molar-refractivity contribution is -0.195. The van der Waals surface area contributed by atoms with Gasteiger partial charge in [-0.25, -0.2) is 13.4 Å². The van der Waals surface area contributed by atoms with Crippen LogP contribution in [0.2, 0.25) is 0 Å². The fraction of sp³-hybridized carbons (Fsp3) is 0.611. The predicted molar refractivity (Wildman–Crippen MR) is 186 cm³/mol. The zero-order valence-corrected chi connectivity index (χ0v) is 29.6. The number of hydrogen-bond donors (Lipinski definition) is 2. The second-order valence-corrected chi connectivity index (χ2v) is 16.9. The topological polar surface area (TPSA) is 127 Å². The number of aliphatic hydroxyl groups is 1. The smallest absolute Gasteiger partial charge is 0.306 e. The van der Waals surface area contributed by atoms with E-state index in [0.717, 1.165) is 40.2 Å². The molecule has 48 heavy (non-hydrogen) atoms. The van der Waals surface area contributed by atoms with Crippen molar-refractivity contribution >= 4 is 42.7 Å². The second kappa shape index (κ2) is 15.9. The fourth-order valence-corrected chi connectivity index (χ4v) is 9.90. The van der Waals surface area contributed by atoms with Gasteiger partial charge in [0.1, 0.15) is 6.10 Å². The van der Waals surface area contributed by atoms with Crippen molar-refractivity contribution in [2.24, 2.45) is 17.8 Å². The number of esters is 1. The average Bonchev–Trinajstić information content (AvgIpc) is 3.72. The number of anilines is 1. The van der Waals surface area contributed by atoms with Crippen LogP contribution in [0.25, 0.3) is 10.2 Å². The monoisotopic (exact) mass is 699 g/mol. The highest BCUT2D eigenvalue weighted by Gasteiger charge is 2.41. The number of nitrogens with zero attached hydrogens (tertiary/aromatic N) is 2. The number of aromatic nitrogens is 1. The Balaban J connectivity index is 1.19. The molecule has 1 saturated carbocycles. The molecule has 3 aromatic rings. The van der Waals surface area contributed by atoms with Crippen molar-refractivity contribution in [3.63, 3.8) is 0 Å². The van der Waals surface area contributed by atoms with Crippen molar-refractivity contribution < 1.29 is 32.5 Å². The lowest BCUT2D eigenvalue weighted by Crippen LogP contribution is -2.43. The molecule has 0 radical (unpaired) electrons. The SMILES string of the molecule is CC(C)CN(C[C@@H](O)[C@@H](CC(=O)O[C@H]1CCO[C@H]2OCC[C@H]21)Cc1ccccc1)S(=O)(=O)c1ccc2nc(NC3CCCCC3)sc2c1. The molecule has 5 atom stereocenters. The molecular weight excluding hydrogens is 651 g/mol. The molecule has 3 aliphatic rings. The van der Waals surface area contributed by atoms with Crippen LogP contribution < -0.4 is 5.32 Å². The molecule has 12 heteroatoms. The molecule has 2 aliphatic heterocycles. The van der Waals surface area contributed by atoms with Gasteiger partial charge in [-0.15, -0.1) is 0 Å². The van der Waals surface area contributed by atoms with E-state index in [0.29, 0.717) is 32.1 Å². The Kier molecular flexibility index (Phi) is 11.7. The van der Waals surface area contributed by atoms with Gasteiger partial charge in [0.2, 0.25) is 10.0 Å². The summed E-state index contributed by atoms with van der Waals surface area (Å²) >= 11 is 1.47. The number of carbonyl (C=O) groups excluding carboxylic acids is 1. The van der Waals surface area contributed by atoms with E-state index in [2.05, 4.69) is 5.32 Å². The molecule has 0 unspecified atom stereocenters. The maximum Gasteiger partial charge on any atom is 0.306 e. The molecule has 6 rings (SSSR count). The Morgan fingerprint density at radius 3 is 2.54 bits per heavy atom. The van der Waals surface area contributed by atoms with Crippen LogP contribution in [0.4, 0.5) is 5.13 Å². The Bertz CT molecular complexity index is 1610. The van der Waals surface area contributed by atoms with E-state index < -0.39 is 28.0 Å². The van der Waals surface area contributed by atoms with Crippen molar-refractivity contribution in [1.29, 1.82) is 0 Å². The largest absolute Gasteiger partial charge is 0.462 e. The van der Waals surface area contributed by atoms with E-state index in [1.165, 1.54) is 34.9 Å². The van der Waals surface area contributed by atoms with E-state index in [-0.39, 0.29) is 48.6 Å². The van der Waals surface area contributed by atoms with Crippen molar-refractivity contribution in [3.05, 3.63) is 54.1 Å². The minimum absolute atomic E-state index is 0.00174. The van der Waals surface area contributed by atoms with Crippen LogP contribution in [-0.2, 0) is 35.4 Å². The van der Waals surface area contributed by atoms with E-state index in [1.54, 1.807) is 18.2 Å². The Hall–Kier alpha value is -2.61. The van der Waals surface area contributed by atoms with Gasteiger partial charge >= 0.3 is 5.97 Å². The van der Waals surface area contributed by atoms with Gasteiger partial charge in [-0.05, 0) is 55.4 Å². The third kappa shape index (κ3) is 8.75. The van der Waals surface area contributed by atoms with Gasteiger partial charge in [0.05, 0.1) is 40.9 Å². The highest BCUT2D eigenvalue weighted by Crippen LogP contribution is 2.34. The maximum atomic E-state index is 14.2.